The van der Waals surface area contributed by atoms with E-state index in [0.717, 1.165) is 36.0 Å². The molecule has 0 saturated carbocycles. The summed E-state index contributed by atoms with van der Waals surface area (Å²) in [4.78, 5) is 1.43. The molecule has 132 valence electrons. The fourth-order valence-corrected chi connectivity index (χ4v) is 2.41. The van der Waals surface area contributed by atoms with Gasteiger partial charge in [0, 0.05) is 12.1 Å². The first-order valence-electron chi connectivity index (χ1n) is 8.67. The van der Waals surface area contributed by atoms with Crippen molar-refractivity contribution in [2.75, 3.05) is 13.2 Å². The minimum Gasteiger partial charge on any atom is -0.505 e. The summed E-state index contributed by atoms with van der Waals surface area (Å²) in [6.07, 6.45) is 3.00. The first kappa shape index (κ1) is 17.1. The Hall–Kier alpha value is -2.76. The van der Waals surface area contributed by atoms with Crippen LogP contribution in [-0.2, 0) is 0 Å². The molecule has 0 radical (unpaired) electrons. The Kier molecular flexibility index (Phi) is 5.38. The summed E-state index contributed by atoms with van der Waals surface area (Å²) in [5, 5.41) is 19.2. The van der Waals surface area contributed by atoms with E-state index < -0.39 is 0 Å². The lowest BCUT2D eigenvalue weighted by Gasteiger charge is -2.08. The number of unbranched alkanes of at least 4 members (excludes halogenated alkanes) is 1. The Balaban J connectivity index is 1.83. The molecule has 6 heteroatoms. The Morgan fingerprint density at radius 1 is 0.880 bits per heavy atom. The highest BCUT2D eigenvalue weighted by Crippen LogP contribution is 2.27. The molecule has 0 bridgehead atoms. The first-order valence-corrected chi connectivity index (χ1v) is 8.67. The van der Waals surface area contributed by atoms with Crippen molar-refractivity contribution >= 4 is 11.0 Å². The SMILES string of the molecule is CCCCOc1ccc(-n2nc3ccc(OCCC)cc3n2)c(O)c1. The van der Waals surface area contributed by atoms with E-state index in [9.17, 15) is 5.11 Å². The van der Waals surface area contributed by atoms with Crippen LogP contribution < -0.4 is 9.47 Å². The molecule has 0 saturated heterocycles. The van der Waals surface area contributed by atoms with Crippen molar-refractivity contribution < 1.29 is 14.6 Å². The van der Waals surface area contributed by atoms with Crippen molar-refractivity contribution in [3.05, 3.63) is 36.4 Å². The third kappa shape index (κ3) is 4.02. The van der Waals surface area contributed by atoms with Crippen LogP contribution in [0.15, 0.2) is 36.4 Å². The maximum absolute atomic E-state index is 10.3. The quantitative estimate of drug-likeness (QED) is 0.625. The molecule has 6 nitrogen and oxygen atoms in total. The fourth-order valence-electron chi connectivity index (χ4n) is 2.41. The van der Waals surface area contributed by atoms with Gasteiger partial charge in [-0.2, -0.15) is 0 Å². The van der Waals surface area contributed by atoms with Crippen LogP contribution >= 0.6 is 0 Å². The monoisotopic (exact) mass is 341 g/mol. The van der Waals surface area contributed by atoms with Crippen molar-refractivity contribution in [2.24, 2.45) is 0 Å². The van der Waals surface area contributed by atoms with Gasteiger partial charge in [0.25, 0.3) is 0 Å². The summed E-state index contributed by atoms with van der Waals surface area (Å²) < 4.78 is 11.2. The molecule has 1 N–H and O–H groups in total. The predicted octanol–water partition coefficient (Wildman–Crippen LogP) is 4.09. The number of phenols is 1. The Bertz CT molecular complexity index is 845. The molecule has 0 unspecified atom stereocenters. The molecule has 0 aliphatic heterocycles. The normalized spacial score (nSPS) is 11.0. The van der Waals surface area contributed by atoms with Crippen LogP contribution in [0.25, 0.3) is 16.7 Å². The number of aromatic hydroxyl groups is 1. The molecule has 1 heterocycles. The Morgan fingerprint density at radius 2 is 1.60 bits per heavy atom. The van der Waals surface area contributed by atoms with Gasteiger partial charge in [-0.1, -0.05) is 20.3 Å². The summed E-state index contributed by atoms with van der Waals surface area (Å²) >= 11 is 0. The number of hydrogen-bond acceptors (Lipinski definition) is 5. The van der Waals surface area contributed by atoms with E-state index in [1.165, 1.54) is 4.80 Å². The average molecular weight is 341 g/mol. The molecular formula is C19H23N3O3. The van der Waals surface area contributed by atoms with Gasteiger partial charge < -0.3 is 14.6 Å². The summed E-state index contributed by atoms with van der Waals surface area (Å²) in [5.74, 6) is 1.49. The Labute approximate surface area is 147 Å². The van der Waals surface area contributed by atoms with Gasteiger partial charge in [0.05, 0.1) is 13.2 Å². The van der Waals surface area contributed by atoms with Crippen LogP contribution in [0.1, 0.15) is 33.1 Å². The second-order valence-electron chi connectivity index (χ2n) is 5.84. The van der Waals surface area contributed by atoms with Gasteiger partial charge in [0.1, 0.15) is 34.0 Å². The van der Waals surface area contributed by atoms with Gasteiger partial charge in [-0.3, -0.25) is 0 Å². The Morgan fingerprint density at radius 3 is 2.36 bits per heavy atom. The standard InChI is InChI=1S/C19H23N3O3/c1-3-5-11-25-15-7-9-18(19(23)13-15)22-20-16-8-6-14(24-10-4-2)12-17(16)21-22/h6-9,12-13,23H,3-5,10-11H2,1-2H3. The van der Waals surface area contributed by atoms with Gasteiger partial charge in [0.2, 0.25) is 0 Å². The van der Waals surface area contributed by atoms with E-state index in [1.54, 1.807) is 12.1 Å². The molecule has 0 fully saturated rings. The van der Waals surface area contributed by atoms with Crippen LogP contribution in [0.2, 0.25) is 0 Å². The van der Waals surface area contributed by atoms with Crippen LogP contribution in [0.4, 0.5) is 0 Å². The minimum atomic E-state index is 0.0803. The van der Waals surface area contributed by atoms with E-state index in [1.807, 2.05) is 24.3 Å². The number of nitrogens with zero attached hydrogens (tertiary/aromatic N) is 3. The van der Waals surface area contributed by atoms with Crippen LogP contribution in [0.3, 0.4) is 0 Å². The molecular weight excluding hydrogens is 318 g/mol. The van der Waals surface area contributed by atoms with Crippen LogP contribution in [0.5, 0.6) is 17.2 Å². The van der Waals surface area contributed by atoms with Gasteiger partial charge >= 0.3 is 0 Å². The molecule has 1 aromatic heterocycles. The number of phenolic OH excluding ortho intramolecular Hbond substituents is 1. The molecule has 3 aromatic rings. The second-order valence-corrected chi connectivity index (χ2v) is 5.84. The lowest BCUT2D eigenvalue weighted by Crippen LogP contribution is -2.00. The van der Waals surface area contributed by atoms with E-state index in [4.69, 9.17) is 9.47 Å². The zero-order valence-corrected chi connectivity index (χ0v) is 14.6. The lowest BCUT2D eigenvalue weighted by atomic mass is 10.3. The first-order chi connectivity index (χ1) is 12.2. The highest BCUT2D eigenvalue weighted by molar-refractivity contribution is 5.75. The van der Waals surface area contributed by atoms with Crippen molar-refractivity contribution in [2.45, 2.75) is 33.1 Å². The van der Waals surface area contributed by atoms with Crippen LogP contribution in [0, 0.1) is 0 Å². The summed E-state index contributed by atoms with van der Waals surface area (Å²) in [6.45, 7) is 5.48. The smallest absolute Gasteiger partial charge is 0.146 e. The summed E-state index contributed by atoms with van der Waals surface area (Å²) in [7, 11) is 0. The third-order valence-corrected chi connectivity index (χ3v) is 3.75. The molecule has 0 aliphatic rings. The fraction of sp³-hybridized carbons (Fsp3) is 0.368. The lowest BCUT2D eigenvalue weighted by molar-refractivity contribution is 0.307. The number of rotatable bonds is 8. The van der Waals surface area contributed by atoms with E-state index >= 15 is 0 Å². The molecule has 0 spiro atoms. The zero-order chi connectivity index (χ0) is 17.6. The molecule has 0 atom stereocenters. The maximum Gasteiger partial charge on any atom is 0.146 e. The molecule has 3 rings (SSSR count). The predicted molar refractivity (Wildman–Crippen MR) is 96.7 cm³/mol. The molecule has 25 heavy (non-hydrogen) atoms. The van der Waals surface area contributed by atoms with E-state index in [2.05, 4.69) is 24.0 Å². The van der Waals surface area contributed by atoms with E-state index in [-0.39, 0.29) is 5.75 Å². The van der Waals surface area contributed by atoms with Gasteiger partial charge in [0.15, 0.2) is 0 Å². The molecule has 0 amide bonds. The van der Waals surface area contributed by atoms with E-state index in [0.29, 0.717) is 24.7 Å². The minimum absolute atomic E-state index is 0.0803. The summed E-state index contributed by atoms with van der Waals surface area (Å²) in [5.41, 5.74) is 1.97. The zero-order valence-electron chi connectivity index (χ0n) is 14.6. The highest BCUT2D eigenvalue weighted by atomic mass is 16.5. The van der Waals surface area contributed by atoms with Crippen molar-refractivity contribution in [1.82, 2.24) is 15.0 Å². The number of benzene rings is 2. The number of ether oxygens (including phenoxy) is 2. The average Bonchev–Trinajstić information content (AvgIpc) is 3.03. The molecule has 0 aliphatic carbocycles. The largest absolute Gasteiger partial charge is 0.505 e. The maximum atomic E-state index is 10.3. The van der Waals surface area contributed by atoms with Gasteiger partial charge in [-0.25, -0.2) is 0 Å². The summed E-state index contributed by atoms with van der Waals surface area (Å²) in [6, 6.07) is 10.8. The van der Waals surface area contributed by atoms with Gasteiger partial charge in [-0.15, -0.1) is 15.0 Å². The number of aromatic nitrogens is 3. The van der Waals surface area contributed by atoms with Crippen molar-refractivity contribution in [1.29, 1.82) is 0 Å². The number of hydrogen-bond donors (Lipinski definition) is 1. The topological polar surface area (TPSA) is 69.4 Å². The molecule has 2 aromatic carbocycles. The van der Waals surface area contributed by atoms with Crippen LogP contribution in [-0.4, -0.2) is 33.3 Å². The second kappa shape index (κ2) is 7.88. The number of fused-ring (bicyclic) bond motifs is 1. The van der Waals surface area contributed by atoms with Crippen molar-refractivity contribution in [3.8, 4) is 22.9 Å². The highest BCUT2D eigenvalue weighted by Gasteiger charge is 2.11. The van der Waals surface area contributed by atoms with Gasteiger partial charge in [-0.05, 0) is 37.1 Å². The third-order valence-electron chi connectivity index (χ3n) is 3.75. The van der Waals surface area contributed by atoms with Crippen molar-refractivity contribution in [3.63, 3.8) is 0 Å².